The number of fused-ring (bicyclic) bond motifs is 1. The number of methoxy groups -OCH3 is 1. The Bertz CT molecular complexity index is 1520. The summed E-state index contributed by atoms with van der Waals surface area (Å²) in [6.45, 7) is 0.301. The van der Waals surface area contributed by atoms with Gasteiger partial charge in [0, 0.05) is 5.69 Å². The standard InChI is InChI=1S/C29H21F3N2O3/c1-36-27-15-19(12-13-26(27)37-18-21-8-4-7-20-6-2-3-11-25(20)21)14-22(17-33)28(35)34-24-10-5-9-23(16-24)29(30,31)32/h2-16H,18H2,1H3,(H,34,35)/b22-14+. The van der Waals surface area contributed by atoms with Gasteiger partial charge in [0.25, 0.3) is 5.91 Å². The molecule has 8 heteroatoms. The summed E-state index contributed by atoms with van der Waals surface area (Å²) < 4.78 is 50.3. The van der Waals surface area contributed by atoms with E-state index in [0.29, 0.717) is 23.7 Å². The first kappa shape index (κ1) is 25.3. The Morgan fingerprint density at radius 3 is 2.49 bits per heavy atom. The number of nitriles is 1. The molecule has 0 heterocycles. The number of hydrogen-bond acceptors (Lipinski definition) is 4. The van der Waals surface area contributed by atoms with E-state index in [1.165, 1.54) is 25.3 Å². The van der Waals surface area contributed by atoms with Crippen molar-refractivity contribution in [1.82, 2.24) is 0 Å². The van der Waals surface area contributed by atoms with Gasteiger partial charge in [-0.15, -0.1) is 0 Å². The number of amides is 1. The average molecular weight is 502 g/mol. The molecule has 0 fully saturated rings. The Morgan fingerprint density at radius 1 is 0.973 bits per heavy atom. The molecule has 5 nitrogen and oxygen atoms in total. The number of rotatable bonds is 7. The minimum absolute atomic E-state index is 0.0734. The minimum Gasteiger partial charge on any atom is -0.493 e. The highest BCUT2D eigenvalue weighted by Gasteiger charge is 2.30. The maximum absolute atomic E-state index is 12.9. The first-order valence-corrected chi connectivity index (χ1v) is 11.2. The number of benzene rings is 4. The Hall–Kier alpha value is -4.77. The summed E-state index contributed by atoms with van der Waals surface area (Å²) in [6, 6.07) is 24.8. The summed E-state index contributed by atoms with van der Waals surface area (Å²) in [7, 11) is 1.47. The minimum atomic E-state index is -4.55. The van der Waals surface area contributed by atoms with Crippen LogP contribution in [0.4, 0.5) is 18.9 Å². The third-order valence-electron chi connectivity index (χ3n) is 5.57. The van der Waals surface area contributed by atoms with Crippen LogP contribution in [0.5, 0.6) is 11.5 Å². The van der Waals surface area contributed by atoms with Crippen LogP contribution in [0.25, 0.3) is 16.8 Å². The molecule has 186 valence electrons. The molecule has 0 saturated heterocycles. The third-order valence-corrected chi connectivity index (χ3v) is 5.57. The van der Waals surface area contributed by atoms with Gasteiger partial charge in [0.1, 0.15) is 18.2 Å². The zero-order valence-electron chi connectivity index (χ0n) is 19.7. The maximum Gasteiger partial charge on any atom is 0.416 e. The predicted molar refractivity (Wildman–Crippen MR) is 135 cm³/mol. The van der Waals surface area contributed by atoms with E-state index in [9.17, 15) is 23.2 Å². The van der Waals surface area contributed by atoms with Crippen LogP contribution >= 0.6 is 0 Å². The Kier molecular flexibility index (Phi) is 7.44. The number of ether oxygens (including phenoxy) is 2. The van der Waals surface area contributed by atoms with Crippen molar-refractivity contribution in [2.24, 2.45) is 0 Å². The van der Waals surface area contributed by atoms with Crippen molar-refractivity contribution in [3.05, 3.63) is 107 Å². The zero-order valence-corrected chi connectivity index (χ0v) is 19.7. The van der Waals surface area contributed by atoms with E-state index in [0.717, 1.165) is 28.5 Å². The van der Waals surface area contributed by atoms with Gasteiger partial charge in [-0.25, -0.2) is 0 Å². The topological polar surface area (TPSA) is 71.3 Å². The van der Waals surface area contributed by atoms with Crippen LogP contribution < -0.4 is 14.8 Å². The summed E-state index contributed by atoms with van der Waals surface area (Å²) in [4.78, 5) is 12.6. The summed E-state index contributed by atoms with van der Waals surface area (Å²) in [5, 5.41) is 14.0. The Labute approximate surface area is 211 Å². The second kappa shape index (κ2) is 10.9. The smallest absolute Gasteiger partial charge is 0.416 e. The van der Waals surface area contributed by atoms with Crippen LogP contribution in [0.1, 0.15) is 16.7 Å². The number of nitrogens with one attached hydrogen (secondary N) is 1. The molecular formula is C29H21F3N2O3. The van der Waals surface area contributed by atoms with Gasteiger partial charge in [-0.05, 0) is 58.3 Å². The maximum atomic E-state index is 12.9. The van der Waals surface area contributed by atoms with Crippen LogP contribution in [0.15, 0.2) is 90.5 Å². The molecule has 0 radical (unpaired) electrons. The van der Waals surface area contributed by atoms with Gasteiger partial charge in [0.05, 0.1) is 12.7 Å². The first-order chi connectivity index (χ1) is 17.8. The van der Waals surface area contributed by atoms with Gasteiger partial charge in [-0.2, -0.15) is 18.4 Å². The number of hydrogen-bond donors (Lipinski definition) is 1. The van der Waals surface area contributed by atoms with E-state index < -0.39 is 17.6 Å². The van der Waals surface area contributed by atoms with E-state index >= 15 is 0 Å². The molecule has 0 aliphatic carbocycles. The lowest BCUT2D eigenvalue weighted by atomic mass is 10.1. The largest absolute Gasteiger partial charge is 0.493 e. The van der Waals surface area contributed by atoms with E-state index in [1.807, 2.05) is 42.5 Å². The summed E-state index contributed by atoms with van der Waals surface area (Å²) in [5.74, 6) is 0.0288. The number of nitrogens with zero attached hydrogens (tertiary/aromatic N) is 1. The summed E-state index contributed by atoms with van der Waals surface area (Å²) in [6.07, 6.45) is -3.23. The molecule has 4 rings (SSSR count). The number of anilines is 1. The van der Waals surface area contributed by atoms with Crippen LogP contribution in [0.3, 0.4) is 0 Å². The van der Waals surface area contributed by atoms with E-state index in [-0.39, 0.29) is 11.3 Å². The van der Waals surface area contributed by atoms with Crippen molar-refractivity contribution < 1.29 is 27.4 Å². The van der Waals surface area contributed by atoms with Gasteiger partial charge in [-0.1, -0.05) is 54.6 Å². The first-order valence-electron chi connectivity index (χ1n) is 11.2. The SMILES string of the molecule is COc1cc(/C=C(\C#N)C(=O)Nc2cccc(C(F)(F)F)c2)ccc1OCc1cccc2ccccc12. The second-order valence-electron chi connectivity index (χ2n) is 8.04. The van der Waals surface area contributed by atoms with Crippen LogP contribution in [-0.2, 0) is 17.6 Å². The van der Waals surface area contributed by atoms with Crippen LogP contribution in [-0.4, -0.2) is 13.0 Å². The van der Waals surface area contributed by atoms with Gasteiger partial charge >= 0.3 is 6.18 Å². The van der Waals surface area contributed by atoms with Crippen molar-refractivity contribution in [3.63, 3.8) is 0 Å². The molecule has 4 aromatic carbocycles. The molecule has 0 spiro atoms. The molecule has 0 aliphatic rings. The molecule has 0 aliphatic heterocycles. The van der Waals surface area contributed by atoms with Gasteiger partial charge < -0.3 is 14.8 Å². The molecule has 4 aromatic rings. The van der Waals surface area contributed by atoms with Crippen LogP contribution in [0, 0.1) is 11.3 Å². The molecule has 0 saturated carbocycles. The molecular weight excluding hydrogens is 481 g/mol. The lowest BCUT2D eigenvalue weighted by Gasteiger charge is -2.13. The average Bonchev–Trinajstić information content (AvgIpc) is 2.90. The number of carbonyl (C=O) groups excluding carboxylic acids is 1. The van der Waals surface area contributed by atoms with E-state index in [4.69, 9.17) is 9.47 Å². The normalized spacial score (nSPS) is 11.6. The van der Waals surface area contributed by atoms with Crippen LogP contribution in [0.2, 0.25) is 0 Å². The number of alkyl halides is 3. The van der Waals surface area contributed by atoms with Gasteiger partial charge in [0.15, 0.2) is 11.5 Å². The summed E-state index contributed by atoms with van der Waals surface area (Å²) >= 11 is 0. The number of halogens is 3. The van der Waals surface area contributed by atoms with E-state index in [1.54, 1.807) is 24.3 Å². The quantitative estimate of drug-likeness (QED) is 0.218. The number of carbonyl (C=O) groups is 1. The molecule has 0 aromatic heterocycles. The highest BCUT2D eigenvalue weighted by Crippen LogP contribution is 2.32. The fraction of sp³-hybridized carbons (Fsp3) is 0.103. The summed E-state index contributed by atoms with van der Waals surface area (Å²) in [5.41, 5.74) is 0.212. The molecule has 1 amide bonds. The van der Waals surface area contributed by atoms with Crippen molar-refractivity contribution in [2.45, 2.75) is 12.8 Å². The lowest BCUT2D eigenvalue weighted by molar-refractivity contribution is -0.137. The predicted octanol–water partition coefficient (Wildman–Crippen LogP) is 6.99. The van der Waals surface area contributed by atoms with E-state index in [2.05, 4.69) is 5.32 Å². The fourth-order valence-corrected chi connectivity index (χ4v) is 3.75. The lowest BCUT2D eigenvalue weighted by Crippen LogP contribution is -2.14. The monoisotopic (exact) mass is 502 g/mol. The molecule has 1 N–H and O–H groups in total. The molecule has 0 atom stereocenters. The highest BCUT2D eigenvalue weighted by molar-refractivity contribution is 6.09. The van der Waals surface area contributed by atoms with Crippen molar-refractivity contribution in [2.75, 3.05) is 12.4 Å². The molecule has 0 bridgehead atoms. The highest BCUT2D eigenvalue weighted by atomic mass is 19.4. The molecule has 0 unspecified atom stereocenters. The second-order valence-corrected chi connectivity index (χ2v) is 8.04. The van der Waals surface area contributed by atoms with Crippen molar-refractivity contribution >= 4 is 28.4 Å². The van der Waals surface area contributed by atoms with Gasteiger partial charge in [0.2, 0.25) is 0 Å². The van der Waals surface area contributed by atoms with Crippen molar-refractivity contribution in [1.29, 1.82) is 5.26 Å². The zero-order chi connectivity index (χ0) is 26.4. The Balaban J connectivity index is 1.51. The fourth-order valence-electron chi connectivity index (χ4n) is 3.75. The molecule has 37 heavy (non-hydrogen) atoms. The van der Waals surface area contributed by atoms with Crippen molar-refractivity contribution in [3.8, 4) is 17.6 Å². The van der Waals surface area contributed by atoms with Gasteiger partial charge in [-0.3, -0.25) is 4.79 Å². The Morgan fingerprint density at radius 2 is 1.73 bits per heavy atom. The third kappa shape index (κ3) is 6.08.